The molecule has 0 atom stereocenters. The second-order valence-corrected chi connectivity index (χ2v) is 6.18. The minimum absolute atomic E-state index is 0.0303. The molecule has 0 fully saturated rings. The lowest BCUT2D eigenvalue weighted by atomic mass is 10.1. The molecule has 27 heavy (non-hydrogen) atoms. The molecule has 1 amide bonds. The molecule has 2 aromatic carbocycles. The van der Waals surface area contributed by atoms with Crippen LogP contribution in [0.15, 0.2) is 36.4 Å². The van der Waals surface area contributed by atoms with Crippen LogP contribution in [-0.4, -0.2) is 40.3 Å². The minimum atomic E-state index is -0.0303. The first-order valence-electron chi connectivity index (χ1n) is 8.63. The van der Waals surface area contributed by atoms with Gasteiger partial charge in [-0.25, -0.2) is 0 Å². The van der Waals surface area contributed by atoms with Gasteiger partial charge in [-0.15, -0.1) is 0 Å². The third-order valence-corrected chi connectivity index (χ3v) is 4.35. The Labute approximate surface area is 164 Å². The number of para-hydroxylation sites is 1. The van der Waals surface area contributed by atoms with E-state index in [0.717, 1.165) is 17.0 Å². The van der Waals surface area contributed by atoms with E-state index in [1.165, 1.54) is 0 Å². The molecular weight excluding hydrogens is 368 g/mol. The summed E-state index contributed by atoms with van der Waals surface area (Å²) in [6.45, 7) is 1.01. The van der Waals surface area contributed by atoms with Crippen LogP contribution in [0.4, 0.5) is 5.69 Å². The van der Waals surface area contributed by atoms with Gasteiger partial charge in [0, 0.05) is 31.6 Å². The molecule has 0 spiro atoms. The number of carbonyl (C=O) groups is 1. The van der Waals surface area contributed by atoms with E-state index in [2.05, 4.69) is 10.6 Å². The Morgan fingerprint density at radius 2 is 1.67 bits per heavy atom. The molecule has 0 heterocycles. The molecule has 0 saturated heterocycles. The van der Waals surface area contributed by atoms with Crippen molar-refractivity contribution in [2.45, 2.75) is 12.8 Å². The number of methoxy groups -OCH3 is 3. The number of anilines is 1. The van der Waals surface area contributed by atoms with Gasteiger partial charge in [-0.2, -0.15) is 0 Å². The van der Waals surface area contributed by atoms with Crippen LogP contribution in [0.2, 0.25) is 5.02 Å². The van der Waals surface area contributed by atoms with E-state index in [-0.39, 0.29) is 5.91 Å². The van der Waals surface area contributed by atoms with Crippen molar-refractivity contribution < 1.29 is 19.0 Å². The number of amides is 1. The van der Waals surface area contributed by atoms with Crippen molar-refractivity contribution in [3.05, 3.63) is 47.0 Å². The zero-order valence-electron chi connectivity index (χ0n) is 15.8. The standard InChI is InChI=1S/C20H25ClN2O4/c1-25-17-7-5-4-6-14(17)8-10-23-20(24)9-11-22-16-13-18(26-2)15(21)12-19(16)27-3/h4-7,12-13,22H,8-11H2,1-3H3,(H,23,24). The van der Waals surface area contributed by atoms with E-state index in [1.807, 2.05) is 24.3 Å². The first-order chi connectivity index (χ1) is 13.1. The molecule has 0 saturated carbocycles. The molecule has 0 aliphatic carbocycles. The molecule has 0 unspecified atom stereocenters. The fraction of sp³-hybridized carbons (Fsp3) is 0.350. The highest BCUT2D eigenvalue weighted by molar-refractivity contribution is 6.32. The third-order valence-electron chi connectivity index (χ3n) is 4.05. The summed E-state index contributed by atoms with van der Waals surface area (Å²) < 4.78 is 15.8. The molecule has 2 N–H and O–H groups in total. The second-order valence-electron chi connectivity index (χ2n) is 5.78. The van der Waals surface area contributed by atoms with Crippen molar-refractivity contribution in [1.29, 1.82) is 0 Å². The highest BCUT2D eigenvalue weighted by Crippen LogP contribution is 2.35. The van der Waals surface area contributed by atoms with Crippen LogP contribution >= 0.6 is 11.6 Å². The Morgan fingerprint density at radius 3 is 2.37 bits per heavy atom. The Kier molecular flexibility index (Phi) is 8.07. The molecule has 7 heteroatoms. The number of halogens is 1. The van der Waals surface area contributed by atoms with Gasteiger partial charge in [0.15, 0.2) is 0 Å². The molecule has 0 aliphatic rings. The molecule has 2 rings (SSSR count). The second kappa shape index (κ2) is 10.5. The minimum Gasteiger partial charge on any atom is -0.496 e. The van der Waals surface area contributed by atoms with Gasteiger partial charge < -0.3 is 24.8 Å². The molecule has 2 aromatic rings. The van der Waals surface area contributed by atoms with Gasteiger partial charge >= 0.3 is 0 Å². The van der Waals surface area contributed by atoms with Crippen molar-refractivity contribution >= 4 is 23.2 Å². The first kappa shape index (κ1) is 20.7. The van der Waals surface area contributed by atoms with Crippen molar-refractivity contribution in [1.82, 2.24) is 5.32 Å². The Hall–Kier alpha value is -2.60. The molecular formula is C20H25ClN2O4. The quantitative estimate of drug-likeness (QED) is 0.647. The van der Waals surface area contributed by atoms with Crippen LogP contribution in [0.5, 0.6) is 17.2 Å². The monoisotopic (exact) mass is 392 g/mol. The lowest BCUT2D eigenvalue weighted by molar-refractivity contribution is -0.120. The maximum absolute atomic E-state index is 12.1. The summed E-state index contributed by atoms with van der Waals surface area (Å²) >= 11 is 6.09. The average Bonchev–Trinajstić information content (AvgIpc) is 2.69. The summed E-state index contributed by atoms with van der Waals surface area (Å²) in [4.78, 5) is 12.1. The Bertz CT molecular complexity index is 768. The summed E-state index contributed by atoms with van der Waals surface area (Å²) in [6.07, 6.45) is 1.05. The van der Waals surface area contributed by atoms with Crippen LogP contribution in [0.25, 0.3) is 0 Å². The predicted molar refractivity (Wildman–Crippen MR) is 107 cm³/mol. The number of benzene rings is 2. The zero-order chi connectivity index (χ0) is 19.6. The van der Waals surface area contributed by atoms with Crippen LogP contribution in [0.1, 0.15) is 12.0 Å². The molecule has 0 radical (unpaired) electrons. The average molecular weight is 393 g/mol. The van der Waals surface area contributed by atoms with Crippen LogP contribution < -0.4 is 24.8 Å². The van der Waals surface area contributed by atoms with E-state index in [9.17, 15) is 4.79 Å². The fourth-order valence-electron chi connectivity index (χ4n) is 2.64. The van der Waals surface area contributed by atoms with E-state index >= 15 is 0 Å². The Morgan fingerprint density at radius 1 is 0.963 bits per heavy atom. The topological polar surface area (TPSA) is 68.8 Å². The fourth-order valence-corrected chi connectivity index (χ4v) is 2.87. The maximum atomic E-state index is 12.1. The predicted octanol–water partition coefficient (Wildman–Crippen LogP) is 3.53. The molecule has 146 valence electrons. The van der Waals surface area contributed by atoms with Crippen molar-refractivity contribution in [3.63, 3.8) is 0 Å². The van der Waals surface area contributed by atoms with Gasteiger partial charge in [-0.05, 0) is 18.1 Å². The van der Waals surface area contributed by atoms with E-state index in [1.54, 1.807) is 33.5 Å². The number of carbonyl (C=O) groups excluding carboxylic acids is 1. The first-order valence-corrected chi connectivity index (χ1v) is 9.00. The number of hydrogen-bond acceptors (Lipinski definition) is 5. The van der Waals surface area contributed by atoms with E-state index in [4.69, 9.17) is 25.8 Å². The molecule has 0 bridgehead atoms. The van der Waals surface area contributed by atoms with Gasteiger partial charge in [0.2, 0.25) is 5.91 Å². The lowest BCUT2D eigenvalue weighted by Crippen LogP contribution is -2.27. The Balaban J connectivity index is 1.79. The van der Waals surface area contributed by atoms with Gasteiger partial charge in [-0.3, -0.25) is 4.79 Å². The van der Waals surface area contributed by atoms with Crippen LogP contribution in [0, 0.1) is 0 Å². The van der Waals surface area contributed by atoms with E-state index < -0.39 is 0 Å². The SMILES string of the molecule is COc1cc(NCCC(=O)NCCc2ccccc2OC)c(OC)cc1Cl. The molecule has 6 nitrogen and oxygen atoms in total. The number of rotatable bonds is 10. The van der Waals surface area contributed by atoms with Gasteiger partial charge in [-0.1, -0.05) is 29.8 Å². The van der Waals surface area contributed by atoms with Gasteiger partial charge in [0.05, 0.1) is 32.0 Å². The van der Waals surface area contributed by atoms with Crippen molar-refractivity contribution in [3.8, 4) is 17.2 Å². The van der Waals surface area contributed by atoms with Crippen LogP contribution in [-0.2, 0) is 11.2 Å². The lowest BCUT2D eigenvalue weighted by Gasteiger charge is -2.14. The summed E-state index contributed by atoms with van der Waals surface area (Å²) in [6, 6.07) is 11.2. The maximum Gasteiger partial charge on any atom is 0.221 e. The molecule has 0 aliphatic heterocycles. The summed E-state index contributed by atoms with van der Waals surface area (Å²) in [7, 11) is 4.75. The van der Waals surface area contributed by atoms with Gasteiger partial charge in [0.25, 0.3) is 0 Å². The summed E-state index contributed by atoms with van der Waals surface area (Å²) in [5.41, 5.74) is 1.79. The molecule has 0 aromatic heterocycles. The number of hydrogen-bond donors (Lipinski definition) is 2. The highest BCUT2D eigenvalue weighted by atomic mass is 35.5. The number of ether oxygens (including phenoxy) is 3. The van der Waals surface area contributed by atoms with Gasteiger partial charge in [0.1, 0.15) is 17.2 Å². The van der Waals surface area contributed by atoms with Crippen molar-refractivity contribution in [2.75, 3.05) is 39.7 Å². The highest BCUT2D eigenvalue weighted by Gasteiger charge is 2.10. The smallest absolute Gasteiger partial charge is 0.221 e. The summed E-state index contributed by atoms with van der Waals surface area (Å²) in [5.74, 6) is 1.94. The zero-order valence-corrected chi connectivity index (χ0v) is 16.6. The normalized spacial score (nSPS) is 10.2. The third kappa shape index (κ3) is 5.96. The summed E-state index contributed by atoms with van der Waals surface area (Å²) in [5, 5.41) is 6.56. The van der Waals surface area contributed by atoms with Crippen LogP contribution in [0.3, 0.4) is 0 Å². The van der Waals surface area contributed by atoms with E-state index in [0.29, 0.717) is 42.5 Å². The number of nitrogens with one attached hydrogen (secondary N) is 2. The largest absolute Gasteiger partial charge is 0.496 e. The van der Waals surface area contributed by atoms with Crippen molar-refractivity contribution in [2.24, 2.45) is 0 Å².